The zero-order valence-electron chi connectivity index (χ0n) is 16.5. The first kappa shape index (κ1) is 22.2. The number of aliphatic hydroxyl groups is 1. The van der Waals surface area contributed by atoms with E-state index in [-0.39, 0.29) is 35.6 Å². The van der Waals surface area contributed by atoms with Gasteiger partial charge in [0, 0.05) is 44.6 Å². The van der Waals surface area contributed by atoms with Crippen molar-refractivity contribution in [3.63, 3.8) is 0 Å². The molecule has 1 fully saturated rings. The molecule has 7 heteroatoms. The van der Waals surface area contributed by atoms with Gasteiger partial charge in [-0.1, -0.05) is 18.2 Å². The molecule has 152 valence electrons. The predicted octanol–water partition coefficient (Wildman–Crippen LogP) is 3.00. The lowest BCUT2D eigenvalue weighted by atomic mass is 9.90. The molecular weight excluding hydrogens is 457 g/mol. The van der Waals surface area contributed by atoms with Crippen molar-refractivity contribution in [2.24, 2.45) is 4.99 Å². The number of para-hydroxylation sites is 1. The molecule has 2 aliphatic heterocycles. The van der Waals surface area contributed by atoms with Crippen molar-refractivity contribution in [3.8, 4) is 5.75 Å². The van der Waals surface area contributed by atoms with E-state index >= 15 is 0 Å². The van der Waals surface area contributed by atoms with Crippen LogP contribution >= 0.6 is 24.0 Å². The van der Waals surface area contributed by atoms with Gasteiger partial charge in [0.2, 0.25) is 0 Å². The van der Waals surface area contributed by atoms with Crippen molar-refractivity contribution < 1.29 is 14.6 Å². The maximum absolute atomic E-state index is 10.7. The van der Waals surface area contributed by atoms with E-state index in [0.29, 0.717) is 32.6 Å². The van der Waals surface area contributed by atoms with Gasteiger partial charge < -0.3 is 25.2 Å². The monoisotopic (exact) mass is 489 g/mol. The zero-order valence-corrected chi connectivity index (χ0v) is 18.8. The molecule has 0 spiro atoms. The van der Waals surface area contributed by atoms with E-state index in [9.17, 15) is 5.11 Å². The number of guanidine groups is 1. The molecule has 2 heterocycles. The van der Waals surface area contributed by atoms with E-state index in [0.717, 1.165) is 30.2 Å². The Labute approximate surface area is 179 Å². The third-order valence-corrected chi connectivity index (χ3v) is 4.99. The number of hydrogen-bond donors (Lipinski definition) is 3. The Morgan fingerprint density at radius 1 is 1.26 bits per heavy atom. The number of nitrogens with zero attached hydrogens (tertiary/aromatic N) is 1. The first-order valence-electron chi connectivity index (χ1n) is 9.54. The van der Waals surface area contributed by atoms with Gasteiger partial charge in [0.05, 0.1) is 18.2 Å². The highest BCUT2D eigenvalue weighted by Crippen LogP contribution is 2.39. The molecule has 1 aromatic rings. The van der Waals surface area contributed by atoms with Crippen LogP contribution in [0.3, 0.4) is 0 Å². The highest BCUT2D eigenvalue weighted by Gasteiger charge is 2.34. The number of fused-ring (bicyclic) bond motifs is 1. The van der Waals surface area contributed by atoms with Crippen LogP contribution in [0, 0.1) is 0 Å². The maximum atomic E-state index is 10.7. The SMILES string of the molecule is CCNC(=NCC1(O)CCOCC1)NC1CC(C)(C)Oc2ccccc21.I. The molecule has 0 radical (unpaired) electrons. The van der Waals surface area contributed by atoms with Crippen LogP contribution < -0.4 is 15.4 Å². The summed E-state index contributed by atoms with van der Waals surface area (Å²) in [6.07, 6.45) is 2.10. The number of hydrogen-bond acceptors (Lipinski definition) is 4. The molecule has 3 N–H and O–H groups in total. The Kier molecular flexibility index (Phi) is 7.76. The third kappa shape index (κ3) is 5.96. The molecule has 1 unspecified atom stereocenters. The average Bonchev–Trinajstić information content (AvgIpc) is 2.60. The van der Waals surface area contributed by atoms with Gasteiger partial charge in [0.25, 0.3) is 0 Å². The van der Waals surface area contributed by atoms with E-state index in [1.165, 1.54) is 0 Å². The summed E-state index contributed by atoms with van der Waals surface area (Å²) in [6, 6.07) is 8.25. The summed E-state index contributed by atoms with van der Waals surface area (Å²) in [4.78, 5) is 4.67. The largest absolute Gasteiger partial charge is 0.487 e. The van der Waals surface area contributed by atoms with Crippen molar-refractivity contribution in [2.45, 2.75) is 57.3 Å². The van der Waals surface area contributed by atoms with Crippen LogP contribution in [0.5, 0.6) is 5.75 Å². The summed E-state index contributed by atoms with van der Waals surface area (Å²) in [5.74, 6) is 1.64. The lowest BCUT2D eigenvalue weighted by molar-refractivity contribution is -0.0566. The smallest absolute Gasteiger partial charge is 0.191 e. The summed E-state index contributed by atoms with van der Waals surface area (Å²) < 4.78 is 11.5. The number of rotatable bonds is 4. The molecule has 6 nitrogen and oxygen atoms in total. The first-order valence-corrected chi connectivity index (χ1v) is 9.54. The van der Waals surface area contributed by atoms with Crippen molar-refractivity contribution in [1.29, 1.82) is 0 Å². The fourth-order valence-corrected chi connectivity index (χ4v) is 3.55. The Morgan fingerprint density at radius 3 is 2.67 bits per heavy atom. The maximum Gasteiger partial charge on any atom is 0.191 e. The van der Waals surface area contributed by atoms with Gasteiger partial charge in [-0.15, -0.1) is 24.0 Å². The minimum absolute atomic E-state index is 0. The molecule has 0 bridgehead atoms. The second-order valence-electron chi connectivity index (χ2n) is 7.83. The van der Waals surface area contributed by atoms with Crippen LogP contribution in [-0.4, -0.2) is 48.6 Å². The zero-order chi connectivity index (χ0) is 18.6. The summed E-state index contributed by atoms with van der Waals surface area (Å²) in [5, 5.41) is 17.5. The van der Waals surface area contributed by atoms with Gasteiger partial charge in [-0.05, 0) is 26.8 Å². The Hall–Kier alpha value is -1.06. The summed E-state index contributed by atoms with van der Waals surface area (Å²) in [6.45, 7) is 8.58. The lowest BCUT2D eigenvalue weighted by Crippen LogP contribution is -2.46. The molecule has 0 amide bonds. The van der Waals surface area contributed by atoms with E-state index in [1.807, 2.05) is 25.1 Å². The quantitative estimate of drug-likeness (QED) is 0.345. The van der Waals surface area contributed by atoms with E-state index in [1.54, 1.807) is 0 Å². The molecule has 0 aliphatic carbocycles. The van der Waals surface area contributed by atoms with E-state index in [4.69, 9.17) is 9.47 Å². The number of nitrogens with one attached hydrogen (secondary N) is 2. The number of benzene rings is 1. The Bertz CT molecular complexity index is 645. The highest BCUT2D eigenvalue weighted by atomic mass is 127. The summed E-state index contributed by atoms with van der Waals surface area (Å²) in [7, 11) is 0. The van der Waals surface area contributed by atoms with Gasteiger partial charge in [0.1, 0.15) is 11.4 Å². The minimum atomic E-state index is -0.770. The molecule has 1 saturated heterocycles. The van der Waals surface area contributed by atoms with Crippen molar-refractivity contribution in [2.75, 3.05) is 26.3 Å². The van der Waals surface area contributed by atoms with Crippen molar-refractivity contribution in [1.82, 2.24) is 10.6 Å². The van der Waals surface area contributed by atoms with Gasteiger partial charge in [-0.25, -0.2) is 0 Å². The fraction of sp³-hybridized carbons (Fsp3) is 0.650. The van der Waals surface area contributed by atoms with Crippen molar-refractivity contribution in [3.05, 3.63) is 29.8 Å². The molecule has 0 saturated carbocycles. The molecule has 27 heavy (non-hydrogen) atoms. The molecule has 1 aromatic carbocycles. The topological polar surface area (TPSA) is 75.1 Å². The molecule has 3 rings (SSSR count). The van der Waals surface area contributed by atoms with Crippen molar-refractivity contribution >= 4 is 29.9 Å². The lowest BCUT2D eigenvalue weighted by Gasteiger charge is -2.38. The van der Waals surface area contributed by atoms with Gasteiger partial charge in [-0.2, -0.15) is 0 Å². The third-order valence-electron chi connectivity index (χ3n) is 4.99. The molecule has 0 aromatic heterocycles. The van der Waals surface area contributed by atoms with Crippen LogP contribution in [0.1, 0.15) is 51.6 Å². The van der Waals surface area contributed by atoms with Gasteiger partial charge >= 0.3 is 0 Å². The van der Waals surface area contributed by atoms with Gasteiger partial charge in [0.15, 0.2) is 5.96 Å². The Morgan fingerprint density at radius 2 is 1.96 bits per heavy atom. The van der Waals surface area contributed by atoms with Crippen LogP contribution in [0.25, 0.3) is 0 Å². The minimum Gasteiger partial charge on any atom is -0.487 e. The number of aliphatic imine (C=N–C) groups is 1. The molecule has 2 aliphatic rings. The number of ether oxygens (including phenoxy) is 2. The standard InChI is InChI=1S/C20H31N3O3.HI/c1-4-21-18(22-14-20(24)9-11-25-12-10-20)23-16-13-19(2,3)26-17-8-6-5-7-15(16)17;/h5-8,16,24H,4,9-14H2,1-3H3,(H2,21,22,23);1H. The molecular formula is C20H32IN3O3. The first-order chi connectivity index (χ1) is 12.4. The Balaban J connectivity index is 0.00000261. The normalized spacial score (nSPS) is 23.4. The van der Waals surface area contributed by atoms with Crippen LogP contribution in [0.15, 0.2) is 29.3 Å². The highest BCUT2D eigenvalue weighted by molar-refractivity contribution is 14.0. The van der Waals surface area contributed by atoms with Crippen LogP contribution in [0.2, 0.25) is 0 Å². The predicted molar refractivity (Wildman–Crippen MR) is 118 cm³/mol. The summed E-state index contributed by atoms with van der Waals surface area (Å²) >= 11 is 0. The van der Waals surface area contributed by atoms with E-state index in [2.05, 4.69) is 35.5 Å². The van der Waals surface area contributed by atoms with Crippen LogP contribution in [-0.2, 0) is 4.74 Å². The second-order valence-corrected chi connectivity index (χ2v) is 7.83. The molecule has 1 atom stereocenters. The average molecular weight is 489 g/mol. The van der Waals surface area contributed by atoms with Crippen LogP contribution in [0.4, 0.5) is 0 Å². The summed E-state index contributed by atoms with van der Waals surface area (Å²) in [5.41, 5.74) is 0.123. The number of halogens is 1. The second kappa shape index (κ2) is 9.43. The van der Waals surface area contributed by atoms with E-state index < -0.39 is 5.60 Å². The fourth-order valence-electron chi connectivity index (χ4n) is 3.55. The van der Waals surface area contributed by atoms with Gasteiger partial charge in [-0.3, -0.25) is 4.99 Å².